The van der Waals surface area contributed by atoms with Gasteiger partial charge in [0, 0.05) is 36.9 Å². The summed E-state index contributed by atoms with van der Waals surface area (Å²) in [5.74, 6) is 0.00134. The minimum atomic E-state index is -0.0231. The lowest BCUT2D eigenvalue weighted by Crippen LogP contribution is -2.40. The van der Waals surface area contributed by atoms with E-state index in [0.717, 1.165) is 44.6 Å². The topological polar surface area (TPSA) is 32.3 Å². The van der Waals surface area contributed by atoms with Crippen LogP contribution in [0, 0.1) is 0 Å². The lowest BCUT2D eigenvalue weighted by molar-refractivity contribution is 0.102. The lowest BCUT2D eigenvalue weighted by Gasteiger charge is -2.33. The summed E-state index contributed by atoms with van der Waals surface area (Å²) in [6.07, 6.45) is 3.29. The smallest absolute Gasteiger partial charge is 0.179 e. The molecule has 2 aromatic carbocycles. The number of carbonyl (C=O) groups is 1. The van der Waals surface area contributed by atoms with Gasteiger partial charge in [0.25, 0.3) is 0 Å². The van der Waals surface area contributed by atoms with E-state index in [9.17, 15) is 4.79 Å². The number of nitrogens with zero attached hydrogens (tertiary/aromatic N) is 1. The van der Waals surface area contributed by atoms with Gasteiger partial charge in [0.1, 0.15) is 0 Å². The number of rotatable bonds is 7. The first kappa shape index (κ1) is 18.0. The van der Waals surface area contributed by atoms with Crippen LogP contribution in [-0.2, 0) is 6.42 Å². The average Bonchev–Trinajstić information content (AvgIpc) is 2.68. The Hall–Kier alpha value is -1.84. The molecule has 0 bridgehead atoms. The van der Waals surface area contributed by atoms with Gasteiger partial charge in [-0.2, -0.15) is 0 Å². The largest absolute Gasteiger partial charge is 0.382 e. The Morgan fingerprint density at radius 2 is 1.72 bits per heavy atom. The van der Waals surface area contributed by atoms with Crippen molar-refractivity contribution in [3.63, 3.8) is 0 Å². The number of carbonyl (C=O) groups excluding carboxylic acids is 1. The molecule has 1 saturated heterocycles. The maximum absolute atomic E-state index is 12.0. The Bertz CT molecular complexity index is 681. The Morgan fingerprint density at radius 3 is 2.44 bits per heavy atom. The highest BCUT2D eigenvalue weighted by atomic mass is 35.5. The molecule has 1 aliphatic rings. The maximum Gasteiger partial charge on any atom is 0.179 e. The SMILES string of the molecule is O=C(CCl)c1ccccc1NC1CCN(CCc2ccccc2)CC1. The Morgan fingerprint density at radius 1 is 1.04 bits per heavy atom. The summed E-state index contributed by atoms with van der Waals surface area (Å²) >= 11 is 5.72. The van der Waals surface area contributed by atoms with E-state index in [1.165, 1.54) is 5.56 Å². The van der Waals surface area contributed by atoms with Crippen molar-refractivity contribution in [2.45, 2.75) is 25.3 Å². The fourth-order valence-electron chi connectivity index (χ4n) is 3.38. The van der Waals surface area contributed by atoms with Crippen molar-refractivity contribution in [1.82, 2.24) is 4.90 Å². The van der Waals surface area contributed by atoms with Crippen LogP contribution in [0.5, 0.6) is 0 Å². The zero-order valence-corrected chi connectivity index (χ0v) is 15.2. The molecule has 0 radical (unpaired) electrons. The van der Waals surface area contributed by atoms with Gasteiger partial charge in [-0.3, -0.25) is 4.79 Å². The fraction of sp³-hybridized carbons (Fsp3) is 0.381. The number of benzene rings is 2. The third kappa shape index (κ3) is 5.07. The van der Waals surface area contributed by atoms with Crippen molar-refractivity contribution < 1.29 is 4.79 Å². The lowest BCUT2D eigenvalue weighted by atomic mass is 10.0. The number of hydrogen-bond acceptors (Lipinski definition) is 3. The number of alkyl halides is 1. The summed E-state index contributed by atoms with van der Waals surface area (Å²) in [4.78, 5) is 14.5. The van der Waals surface area contributed by atoms with Crippen LogP contribution in [0.25, 0.3) is 0 Å². The van der Waals surface area contributed by atoms with E-state index in [-0.39, 0.29) is 11.7 Å². The molecule has 4 heteroatoms. The summed E-state index contributed by atoms with van der Waals surface area (Å²) in [5, 5.41) is 3.55. The first-order valence-electron chi connectivity index (χ1n) is 8.97. The van der Waals surface area contributed by atoms with E-state index < -0.39 is 0 Å². The van der Waals surface area contributed by atoms with Crippen LogP contribution in [0.2, 0.25) is 0 Å². The normalized spacial score (nSPS) is 15.9. The van der Waals surface area contributed by atoms with Crippen molar-refractivity contribution in [1.29, 1.82) is 0 Å². The molecular weight excluding hydrogens is 332 g/mol. The second kappa shape index (κ2) is 9.02. The van der Waals surface area contributed by atoms with Gasteiger partial charge in [0.15, 0.2) is 5.78 Å². The van der Waals surface area contributed by atoms with Crippen molar-refractivity contribution in [3.8, 4) is 0 Å². The molecule has 2 aromatic rings. The number of ketones is 1. The van der Waals surface area contributed by atoms with E-state index in [2.05, 4.69) is 40.5 Å². The van der Waals surface area contributed by atoms with Crippen molar-refractivity contribution in [3.05, 3.63) is 65.7 Å². The Balaban J connectivity index is 1.49. The first-order chi connectivity index (χ1) is 12.3. The van der Waals surface area contributed by atoms with Crippen LogP contribution >= 0.6 is 11.6 Å². The molecule has 0 aromatic heterocycles. The molecule has 132 valence electrons. The summed E-state index contributed by atoms with van der Waals surface area (Å²) in [6, 6.07) is 18.7. The molecule has 0 unspecified atom stereocenters. The standard InChI is InChI=1S/C21H25ClN2O/c22-16-21(25)19-8-4-5-9-20(19)23-18-11-14-24(15-12-18)13-10-17-6-2-1-3-7-17/h1-9,18,23H,10-16H2. The first-order valence-corrected chi connectivity index (χ1v) is 9.50. The van der Waals surface area contributed by atoms with Crippen LogP contribution < -0.4 is 5.32 Å². The third-order valence-corrected chi connectivity index (χ3v) is 5.10. The minimum Gasteiger partial charge on any atom is -0.382 e. The fourth-order valence-corrected chi connectivity index (χ4v) is 3.52. The molecule has 0 saturated carbocycles. The second-order valence-electron chi connectivity index (χ2n) is 6.60. The van der Waals surface area contributed by atoms with Crippen molar-refractivity contribution in [2.75, 3.05) is 30.8 Å². The van der Waals surface area contributed by atoms with Crippen LogP contribution in [0.15, 0.2) is 54.6 Å². The zero-order chi connectivity index (χ0) is 17.5. The van der Waals surface area contributed by atoms with E-state index in [1.54, 1.807) is 0 Å². The van der Waals surface area contributed by atoms with Gasteiger partial charge in [-0.25, -0.2) is 0 Å². The number of anilines is 1. The van der Waals surface area contributed by atoms with E-state index in [4.69, 9.17) is 11.6 Å². The number of halogens is 1. The molecule has 0 aliphatic carbocycles. The highest BCUT2D eigenvalue weighted by Gasteiger charge is 2.20. The number of nitrogens with one attached hydrogen (secondary N) is 1. The number of para-hydroxylation sites is 1. The quantitative estimate of drug-likeness (QED) is 0.595. The van der Waals surface area contributed by atoms with E-state index >= 15 is 0 Å². The predicted octanol–water partition coefficient (Wildman–Crippen LogP) is 4.23. The number of likely N-dealkylation sites (tertiary alicyclic amines) is 1. The zero-order valence-electron chi connectivity index (χ0n) is 14.5. The van der Waals surface area contributed by atoms with E-state index in [0.29, 0.717) is 11.6 Å². The molecule has 1 fully saturated rings. The Labute approximate surface area is 155 Å². The predicted molar refractivity (Wildman–Crippen MR) is 105 cm³/mol. The molecule has 0 spiro atoms. The highest BCUT2D eigenvalue weighted by molar-refractivity contribution is 6.31. The monoisotopic (exact) mass is 356 g/mol. The molecule has 1 aliphatic heterocycles. The summed E-state index contributed by atoms with van der Waals surface area (Å²) in [5.41, 5.74) is 3.01. The third-order valence-electron chi connectivity index (χ3n) is 4.86. The van der Waals surface area contributed by atoms with E-state index in [1.807, 2.05) is 24.3 Å². The summed E-state index contributed by atoms with van der Waals surface area (Å²) in [7, 11) is 0. The minimum absolute atomic E-state index is 0.0231. The molecule has 0 amide bonds. The maximum atomic E-state index is 12.0. The molecule has 25 heavy (non-hydrogen) atoms. The number of Topliss-reactive ketones (excluding diaryl/α,β-unsaturated/α-hetero) is 1. The molecule has 1 heterocycles. The average molecular weight is 357 g/mol. The van der Waals surface area contributed by atoms with Gasteiger partial charge in [0.2, 0.25) is 0 Å². The number of piperidine rings is 1. The summed E-state index contributed by atoms with van der Waals surface area (Å²) in [6.45, 7) is 3.30. The number of hydrogen-bond donors (Lipinski definition) is 1. The van der Waals surface area contributed by atoms with Crippen molar-refractivity contribution in [2.24, 2.45) is 0 Å². The van der Waals surface area contributed by atoms with Gasteiger partial charge in [-0.15, -0.1) is 11.6 Å². The molecule has 1 N–H and O–H groups in total. The van der Waals surface area contributed by atoms with Crippen LogP contribution in [0.4, 0.5) is 5.69 Å². The molecular formula is C21H25ClN2O. The van der Waals surface area contributed by atoms with Crippen LogP contribution in [-0.4, -0.2) is 42.2 Å². The van der Waals surface area contributed by atoms with Gasteiger partial charge in [-0.1, -0.05) is 42.5 Å². The molecule has 3 rings (SSSR count). The Kier molecular flexibility index (Phi) is 6.48. The summed E-state index contributed by atoms with van der Waals surface area (Å²) < 4.78 is 0. The molecule has 0 atom stereocenters. The van der Waals surface area contributed by atoms with Crippen molar-refractivity contribution >= 4 is 23.1 Å². The van der Waals surface area contributed by atoms with Gasteiger partial charge in [-0.05, 0) is 37.0 Å². The molecule has 3 nitrogen and oxygen atoms in total. The second-order valence-corrected chi connectivity index (χ2v) is 6.87. The van der Waals surface area contributed by atoms with Crippen LogP contribution in [0.3, 0.4) is 0 Å². The van der Waals surface area contributed by atoms with Gasteiger partial charge < -0.3 is 10.2 Å². The van der Waals surface area contributed by atoms with Gasteiger partial charge >= 0.3 is 0 Å². The van der Waals surface area contributed by atoms with Crippen LogP contribution in [0.1, 0.15) is 28.8 Å². The highest BCUT2D eigenvalue weighted by Crippen LogP contribution is 2.21. The van der Waals surface area contributed by atoms with Gasteiger partial charge in [0.05, 0.1) is 5.88 Å².